The Morgan fingerprint density at radius 1 is 1.13 bits per heavy atom. The van der Waals surface area contributed by atoms with E-state index in [1.54, 1.807) is 25.3 Å². The normalized spacial score (nSPS) is 13.2. The van der Waals surface area contributed by atoms with Crippen molar-refractivity contribution in [1.82, 2.24) is 0 Å². The Morgan fingerprint density at radius 2 is 1.83 bits per heavy atom. The molecular weight excluding hydrogens is 294 g/mol. The highest BCUT2D eigenvalue weighted by molar-refractivity contribution is 5.78. The summed E-state index contributed by atoms with van der Waals surface area (Å²) in [4.78, 5) is 11.2. The van der Waals surface area contributed by atoms with Gasteiger partial charge in [-0.05, 0) is 30.2 Å². The first kappa shape index (κ1) is 16.8. The van der Waals surface area contributed by atoms with Gasteiger partial charge in [0.2, 0.25) is 0 Å². The molecule has 0 amide bonds. The number of nitrogens with two attached hydrogens (primary N) is 1. The van der Waals surface area contributed by atoms with Crippen molar-refractivity contribution < 1.29 is 19.4 Å². The maximum absolute atomic E-state index is 11.2. The summed E-state index contributed by atoms with van der Waals surface area (Å²) in [6.45, 7) is 1.89. The molecule has 0 fully saturated rings. The van der Waals surface area contributed by atoms with E-state index in [1.165, 1.54) is 6.92 Å². The Hall–Kier alpha value is -2.53. The van der Waals surface area contributed by atoms with Crippen molar-refractivity contribution in [3.63, 3.8) is 0 Å². The molecule has 1 atom stereocenters. The van der Waals surface area contributed by atoms with Crippen LogP contribution in [0.25, 0.3) is 0 Å². The summed E-state index contributed by atoms with van der Waals surface area (Å²) in [7, 11) is 1.56. The number of carboxylic acids is 1. The smallest absolute Gasteiger partial charge is 0.323 e. The zero-order valence-electron chi connectivity index (χ0n) is 13.3. The highest BCUT2D eigenvalue weighted by Crippen LogP contribution is 2.30. The van der Waals surface area contributed by atoms with Crippen LogP contribution in [0.5, 0.6) is 11.5 Å². The minimum atomic E-state index is -1.33. The highest BCUT2D eigenvalue weighted by atomic mass is 16.5. The molecule has 2 aromatic rings. The molecule has 0 aliphatic carbocycles. The van der Waals surface area contributed by atoms with Gasteiger partial charge in [0.05, 0.1) is 7.11 Å². The topological polar surface area (TPSA) is 81.8 Å². The van der Waals surface area contributed by atoms with Crippen LogP contribution in [0.15, 0.2) is 48.5 Å². The van der Waals surface area contributed by atoms with Crippen LogP contribution in [-0.4, -0.2) is 23.7 Å². The number of rotatable bonds is 7. The first-order valence-corrected chi connectivity index (χ1v) is 7.28. The molecule has 122 valence electrons. The van der Waals surface area contributed by atoms with Crippen LogP contribution in [0.4, 0.5) is 0 Å². The van der Waals surface area contributed by atoms with Crippen molar-refractivity contribution in [2.24, 2.45) is 5.73 Å². The van der Waals surface area contributed by atoms with E-state index in [9.17, 15) is 4.79 Å². The van der Waals surface area contributed by atoms with Crippen molar-refractivity contribution in [3.05, 3.63) is 59.7 Å². The van der Waals surface area contributed by atoms with Crippen molar-refractivity contribution >= 4 is 5.97 Å². The summed E-state index contributed by atoms with van der Waals surface area (Å²) in [5.74, 6) is 0.119. The molecule has 0 radical (unpaired) electrons. The molecule has 0 spiro atoms. The molecule has 0 aliphatic rings. The van der Waals surface area contributed by atoms with Crippen LogP contribution in [0.2, 0.25) is 0 Å². The Morgan fingerprint density at radius 3 is 2.43 bits per heavy atom. The summed E-state index contributed by atoms with van der Waals surface area (Å²) >= 11 is 0. The van der Waals surface area contributed by atoms with E-state index >= 15 is 0 Å². The molecule has 1 unspecified atom stereocenters. The standard InChI is InChI=1S/C18H21NO4/c1-18(19,17(20)21)11-14-8-9-15(22-2)16(10-14)23-12-13-6-4-3-5-7-13/h3-10H,11-12,19H2,1-2H3,(H,20,21). The maximum atomic E-state index is 11.2. The number of ether oxygens (including phenoxy) is 2. The van der Waals surface area contributed by atoms with E-state index in [4.69, 9.17) is 20.3 Å². The second kappa shape index (κ2) is 7.15. The minimum Gasteiger partial charge on any atom is -0.493 e. The first-order valence-electron chi connectivity index (χ1n) is 7.28. The van der Waals surface area contributed by atoms with Crippen molar-refractivity contribution in [2.75, 3.05) is 7.11 Å². The molecule has 5 heteroatoms. The van der Waals surface area contributed by atoms with Gasteiger partial charge in [-0.25, -0.2) is 0 Å². The Labute approximate surface area is 135 Å². The fraction of sp³-hybridized carbons (Fsp3) is 0.278. The number of carboxylic acid groups (broad SMARTS) is 1. The molecule has 5 nitrogen and oxygen atoms in total. The molecule has 0 heterocycles. The number of aliphatic carboxylic acids is 1. The SMILES string of the molecule is COc1ccc(CC(C)(N)C(=O)O)cc1OCc1ccccc1. The summed E-state index contributed by atoms with van der Waals surface area (Å²) in [5, 5.41) is 9.14. The lowest BCUT2D eigenvalue weighted by molar-refractivity contribution is -0.142. The lowest BCUT2D eigenvalue weighted by atomic mass is 9.94. The lowest BCUT2D eigenvalue weighted by Gasteiger charge is -2.20. The van der Waals surface area contributed by atoms with E-state index in [0.29, 0.717) is 18.1 Å². The maximum Gasteiger partial charge on any atom is 0.323 e. The number of carbonyl (C=O) groups is 1. The molecule has 2 aromatic carbocycles. The monoisotopic (exact) mass is 315 g/mol. The second-order valence-corrected chi connectivity index (χ2v) is 5.66. The average molecular weight is 315 g/mol. The molecule has 0 aliphatic heterocycles. The van der Waals surface area contributed by atoms with Crippen LogP contribution >= 0.6 is 0 Å². The van der Waals surface area contributed by atoms with Gasteiger partial charge in [0.25, 0.3) is 0 Å². The van der Waals surface area contributed by atoms with E-state index < -0.39 is 11.5 Å². The van der Waals surface area contributed by atoms with Crippen LogP contribution in [0, 0.1) is 0 Å². The molecule has 23 heavy (non-hydrogen) atoms. The van der Waals surface area contributed by atoms with Gasteiger partial charge in [-0.3, -0.25) is 4.79 Å². The quantitative estimate of drug-likeness (QED) is 0.821. The average Bonchev–Trinajstić information content (AvgIpc) is 2.53. The Bertz CT molecular complexity index is 668. The molecule has 0 aromatic heterocycles. The molecule has 0 saturated carbocycles. The third kappa shape index (κ3) is 4.47. The molecule has 0 saturated heterocycles. The number of benzene rings is 2. The number of methoxy groups -OCH3 is 1. The van der Waals surface area contributed by atoms with Gasteiger partial charge < -0.3 is 20.3 Å². The fourth-order valence-electron chi connectivity index (χ4n) is 2.18. The van der Waals surface area contributed by atoms with Crippen LogP contribution in [-0.2, 0) is 17.8 Å². The zero-order chi connectivity index (χ0) is 16.9. The summed E-state index contributed by atoms with van der Waals surface area (Å²) < 4.78 is 11.1. The van der Waals surface area contributed by atoms with Crippen molar-refractivity contribution in [2.45, 2.75) is 25.5 Å². The predicted molar refractivity (Wildman–Crippen MR) is 87.7 cm³/mol. The molecule has 3 N–H and O–H groups in total. The summed E-state index contributed by atoms with van der Waals surface area (Å²) in [5.41, 5.74) is 6.29. The van der Waals surface area contributed by atoms with Crippen molar-refractivity contribution in [1.29, 1.82) is 0 Å². The zero-order valence-corrected chi connectivity index (χ0v) is 13.3. The second-order valence-electron chi connectivity index (χ2n) is 5.66. The van der Waals surface area contributed by atoms with Crippen LogP contribution in [0.1, 0.15) is 18.1 Å². The van der Waals surface area contributed by atoms with Gasteiger partial charge in [-0.15, -0.1) is 0 Å². The summed E-state index contributed by atoms with van der Waals surface area (Å²) in [6, 6.07) is 15.1. The van der Waals surface area contributed by atoms with Gasteiger partial charge in [-0.1, -0.05) is 36.4 Å². The van der Waals surface area contributed by atoms with Crippen LogP contribution < -0.4 is 15.2 Å². The van der Waals surface area contributed by atoms with Gasteiger partial charge in [-0.2, -0.15) is 0 Å². The van der Waals surface area contributed by atoms with Gasteiger partial charge in [0, 0.05) is 6.42 Å². The first-order chi connectivity index (χ1) is 10.9. The third-order valence-electron chi connectivity index (χ3n) is 3.53. The number of hydrogen-bond acceptors (Lipinski definition) is 4. The molecule has 2 rings (SSSR count). The van der Waals surface area contributed by atoms with Gasteiger partial charge in [0.1, 0.15) is 12.1 Å². The Kier molecular flexibility index (Phi) is 5.24. The van der Waals surface area contributed by atoms with E-state index in [-0.39, 0.29) is 6.42 Å². The summed E-state index contributed by atoms with van der Waals surface area (Å²) in [6.07, 6.45) is 0.202. The molecule has 0 bridgehead atoms. The van der Waals surface area contributed by atoms with Crippen molar-refractivity contribution in [3.8, 4) is 11.5 Å². The fourth-order valence-corrected chi connectivity index (χ4v) is 2.18. The van der Waals surface area contributed by atoms with Gasteiger partial charge in [0.15, 0.2) is 11.5 Å². The highest BCUT2D eigenvalue weighted by Gasteiger charge is 2.28. The Balaban J connectivity index is 2.17. The van der Waals surface area contributed by atoms with Gasteiger partial charge >= 0.3 is 5.97 Å². The predicted octanol–water partition coefficient (Wildman–Crippen LogP) is 2.62. The number of hydrogen-bond donors (Lipinski definition) is 2. The third-order valence-corrected chi connectivity index (χ3v) is 3.53. The van der Waals surface area contributed by atoms with E-state index in [0.717, 1.165) is 11.1 Å². The largest absolute Gasteiger partial charge is 0.493 e. The lowest BCUT2D eigenvalue weighted by Crippen LogP contribution is -2.46. The van der Waals surface area contributed by atoms with E-state index in [1.807, 2.05) is 30.3 Å². The van der Waals surface area contributed by atoms with E-state index in [2.05, 4.69) is 0 Å². The minimum absolute atomic E-state index is 0.202. The molecular formula is C18H21NO4. The van der Waals surface area contributed by atoms with Crippen LogP contribution in [0.3, 0.4) is 0 Å².